The van der Waals surface area contributed by atoms with Crippen molar-refractivity contribution in [3.8, 4) is 0 Å². The molecule has 0 spiro atoms. The maximum atomic E-state index is 14.6. The van der Waals surface area contributed by atoms with Crippen molar-refractivity contribution in [2.45, 2.75) is 0 Å². The average Bonchev–Trinajstić information content (AvgIpc) is 2.81. The largest absolute Gasteiger partial charge is 0.288 e. The van der Waals surface area contributed by atoms with Gasteiger partial charge in [-0.05, 0) is 41.5 Å². The molecule has 0 fully saturated rings. The molecule has 0 amide bonds. The number of rotatable bonds is 5. The molecule has 2 nitrogen and oxygen atoms in total. The van der Waals surface area contributed by atoms with Crippen LogP contribution < -0.4 is 21.2 Å². The zero-order valence-electron chi connectivity index (χ0n) is 16.3. The van der Waals surface area contributed by atoms with Crippen LogP contribution in [-0.4, -0.2) is 6.66 Å². The Kier molecular flexibility index (Phi) is 5.67. The molecule has 0 aromatic heterocycles. The van der Waals surface area contributed by atoms with Crippen molar-refractivity contribution in [3.05, 3.63) is 121 Å². The fourth-order valence-electron chi connectivity index (χ4n) is 3.45. The third-order valence-corrected chi connectivity index (χ3v) is 12.1. The van der Waals surface area contributed by atoms with Crippen molar-refractivity contribution in [1.29, 1.82) is 0 Å². The van der Waals surface area contributed by atoms with Crippen molar-refractivity contribution in [1.82, 2.24) is 0 Å². The van der Waals surface area contributed by atoms with Crippen LogP contribution in [0.25, 0.3) is 0 Å². The van der Waals surface area contributed by atoms with Crippen LogP contribution in [-0.2, 0) is 4.57 Å². The van der Waals surface area contributed by atoms with E-state index in [0.29, 0.717) is 0 Å². The second-order valence-electron chi connectivity index (χ2n) is 6.97. The maximum Gasteiger partial charge on any atom is 0.246 e. The normalized spacial score (nSPS) is 11.8. The van der Waals surface area contributed by atoms with Gasteiger partial charge < -0.3 is 0 Å². The van der Waals surface area contributed by atoms with Gasteiger partial charge in [-0.15, -0.1) is 0 Å². The summed E-state index contributed by atoms with van der Waals surface area (Å²) in [4.78, 5) is 0. The van der Waals surface area contributed by atoms with Gasteiger partial charge in [-0.3, -0.25) is 4.57 Å². The number of hydrogen-bond acceptors (Lipinski definition) is 1. The monoisotopic (exact) mass is 415 g/mol. The van der Waals surface area contributed by atoms with E-state index in [-0.39, 0.29) is 0 Å². The molecule has 0 radical (unpaired) electrons. The molecule has 0 aliphatic carbocycles. The molecule has 0 aliphatic heterocycles. The number of nitrogens with zero attached hydrogens (tertiary/aromatic N) is 1. The van der Waals surface area contributed by atoms with E-state index in [0.717, 1.165) is 21.2 Å². The molecule has 0 unspecified atom stereocenters. The van der Waals surface area contributed by atoms with E-state index in [1.165, 1.54) is 0 Å². The molecule has 0 aliphatic rings. The number of hydrogen-bond donors (Lipinski definition) is 0. The third-order valence-electron chi connectivity index (χ3n) is 5.04. The first-order chi connectivity index (χ1) is 14.1. The van der Waals surface area contributed by atoms with Crippen molar-refractivity contribution in [3.63, 3.8) is 0 Å². The summed E-state index contributed by atoms with van der Waals surface area (Å²) in [5, 5.41) is 3.78. The van der Waals surface area contributed by atoms with Crippen LogP contribution >= 0.6 is 14.3 Å². The molecular formula is C25H23NOP2. The molecule has 0 heterocycles. The Morgan fingerprint density at radius 3 is 1.07 bits per heavy atom. The van der Waals surface area contributed by atoms with E-state index < -0.39 is 14.3 Å². The highest BCUT2D eigenvalue weighted by atomic mass is 31.2. The molecule has 4 aromatic carbocycles. The van der Waals surface area contributed by atoms with Crippen LogP contribution in [0.3, 0.4) is 0 Å². The lowest BCUT2D eigenvalue weighted by Crippen LogP contribution is -2.19. The van der Waals surface area contributed by atoms with Gasteiger partial charge in [0, 0.05) is 17.7 Å². The summed E-state index contributed by atoms with van der Waals surface area (Å²) >= 11 is 0. The van der Waals surface area contributed by atoms with Crippen molar-refractivity contribution >= 4 is 35.6 Å². The topological polar surface area (TPSA) is 29.4 Å². The third kappa shape index (κ3) is 3.92. The molecule has 144 valence electrons. The van der Waals surface area contributed by atoms with Crippen LogP contribution in [0.4, 0.5) is 0 Å². The van der Waals surface area contributed by atoms with Gasteiger partial charge in [-0.25, -0.2) is 4.52 Å². The van der Waals surface area contributed by atoms with Crippen molar-refractivity contribution < 1.29 is 4.57 Å². The van der Waals surface area contributed by atoms with Gasteiger partial charge in [-0.2, -0.15) is 0 Å². The van der Waals surface area contributed by atoms with E-state index in [1.807, 2.05) is 97.1 Å². The van der Waals surface area contributed by atoms with Crippen LogP contribution in [0.1, 0.15) is 0 Å². The Labute approximate surface area is 172 Å². The van der Waals surface area contributed by atoms with Gasteiger partial charge in [0.2, 0.25) is 7.29 Å². The molecule has 4 rings (SSSR count). The maximum absolute atomic E-state index is 14.6. The lowest BCUT2D eigenvalue weighted by Gasteiger charge is -2.25. The minimum Gasteiger partial charge on any atom is -0.288 e. The van der Waals surface area contributed by atoms with E-state index in [1.54, 1.807) is 0 Å². The molecule has 0 atom stereocenters. The van der Waals surface area contributed by atoms with Crippen LogP contribution in [0.2, 0.25) is 0 Å². The first-order valence-electron chi connectivity index (χ1n) is 9.57. The SMILES string of the molecule is CP(=NP(=O)(c1ccccc1)c1ccccc1)(c1ccccc1)c1ccccc1. The van der Waals surface area contributed by atoms with Crippen LogP contribution in [0, 0.1) is 0 Å². The minimum atomic E-state index is -3.20. The summed E-state index contributed by atoms with van der Waals surface area (Å²) < 4.78 is 19.9. The lowest BCUT2D eigenvalue weighted by atomic mass is 10.4. The fourth-order valence-corrected chi connectivity index (χ4v) is 10.4. The predicted octanol–water partition coefficient (Wildman–Crippen LogP) is 5.40. The highest BCUT2D eigenvalue weighted by Crippen LogP contribution is 2.57. The van der Waals surface area contributed by atoms with Gasteiger partial charge in [0.1, 0.15) is 0 Å². The zero-order chi connectivity index (χ0) is 20.2. The van der Waals surface area contributed by atoms with E-state index in [2.05, 4.69) is 30.9 Å². The average molecular weight is 415 g/mol. The van der Waals surface area contributed by atoms with Gasteiger partial charge in [-0.1, -0.05) is 97.1 Å². The summed E-state index contributed by atoms with van der Waals surface area (Å²) in [6, 6.07) is 39.9. The van der Waals surface area contributed by atoms with Crippen LogP contribution in [0.15, 0.2) is 126 Å². The summed E-state index contributed by atoms with van der Waals surface area (Å²) in [7, 11) is -5.47. The minimum absolute atomic E-state index is 0.768. The molecule has 4 aromatic rings. The van der Waals surface area contributed by atoms with Gasteiger partial charge in [0.25, 0.3) is 0 Å². The van der Waals surface area contributed by atoms with Crippen molar-refractivity contribution in [2.75, 3.05) is 6.66 Å². The Morgan fingerprint density at radius 2 is 0.759 bits per heavy atom. The number of benzene rings is 4. The quantitative estimate of drug-likeness (QED) is 0.402. The van der Waals surface area contributed by atoms with Crippen molar-refractivity contribution in [2.24, 2.45) is 4.52 Å². The standard InChI is InChI=1S/C25H23NOP2/c1-28(22-14-6-2-7-15-22,23-16-8-3-9-17-23)26-29(27,24-18-10-4-11-19-24)25-20-12-5-13-21-25/h2-21H,1H3. The predicted molar refractivity (Wildman–Crippen MR) is 127 cm³/mol. The van der Waals surface area contributed by atoms with Gasteiger partial charge in [0.15, 0.2) is 0 Å². The summed E-state index contributed by atoms with van der Waals surface area (Å²) in [5.74, 6) is 0. The zero-order valence-corrected chi connectivity index (χ0v) is 18.1. The molecule has 0 saturated heterocycles. The second kappa shape index (κ2) is 8.37. The summed E-state index contributed by atoms with van der Waals surface area (Å²) in [5.41, 5.74) is 0. The Balaban J connectivity index is 2.06. The van der Waals surface area contributed by atoms with E-state index >= 15 is 0 Å². The van der Waals surface area contributed by atoms with Gasteiger partial charge in [0.05, 0.1) is 0 Å². The highest BCUT2D eigenvalue weighted by Gasteiger charge is 2.31. The van der Waals surface area contributed by atoms with E-state index in [9.17, 15) is 4.57 Å². The molecule has 0 bridgehead atoms. The second-order valence-corrected chi connectivity index (χ2v) is 12.8. The molecule has 29 heavy (non-hydrogen) atoms. The Hall–Kier alpha value is -2.66. The van der Waals surface area contributed by atoms with E-state index in [4.69, 9.17) is 4.52 Å². The summed E-state index contributed by atoms with van der Waals surface area (Å²) in [6.45, 7) is 2.16. The molecular weight excluding hydrogens is 392 g/mol. The Morgan fingerprint density at radius 1 is 0.483 bits per heavy atom. The summed E-state index contributed by atoms with van der Waals surface area (Å²) in [6.07, 6.45) is 0. The molecule has 0 N–H and O–H groups in total. The fraction of sp³-hybridized carbons (Fsp3) is 0.0400. The lowest BCUT2D eigenvalue weighted by molar-refractivity contribution is 0.588. The van der Waals surface area contributed by atoms with Gasteiger partial charge >= 0.3 is 0 Å². The highest BCUT2D eigenvalue weighted by molar-refractivity contribution is 7.89. The molecule has 0 saturated carbocycles. The smallest absolute Gasteiger partial charge is 0.246 e. The van der Waals surface area contributed by atoms with Crippen LogP contribution in [0.5, 0.6) is 0 Å². The molecule has 4 heteroatoms. The first kappa shape index (κ1) is 19.6. The Bertz CT molecular complexity index is 1090. The first-order valence-corrected chi connectivity index (χ1v) is 13.4.